The van der Waals surface area contributed by atoms with Crippen LogP contribution in [0, 0.1) is 11.7 Å². The van der Waals surface area contributed by atoms with E-state index in [2.05, 4.69) is 4.90 Å². The number of halogens is 2. The fourth-order valence-electron chi connectivity index (χ4n) is 4.67. The minimum Gasteiger partial charge on any atom is -0.494 e. The second kappa shape index (κ2) is 11.3. The molecule has 1 aliphatic carbocycles. The summed E-state index contributed by atoms with van der Waals surface area (Å²) in [7, 11) is 1.54. The average Bonchev–Trinajstić information content (AvgIpc) is 3.16. The number of benzene rings is 2. The molecule has 4 rings (SSSR count). The average molecular weight is 533 g/mol. The van der Waals surface area contributed by atoms with Crippen molar-refractivity contribution in [2.24, 2.45) is 5.92 Å². The minimum absolute atomic E-state index is 0.0266. The molecule has 3 N–H and O–H groups in total. The zero-order valence-corrected chi connectivity index (χ0v) is 21.4. The molecule has 0 amide bonds. The van der Waals surface area contributed by atoms with Crippen LogP contribution in [0.25, 0.3) is 0 Å². The molecule has 2 aromatic carbocycles. The van der Waals surface area contributed by atoms with E-state index in [0.717, 1.165) is 11.1 Å². The summed E-state index contributed by atoms with van der Waals surface area (Å²) in [5.41, 5.74) is 1.68. The van der Waals surface area contributed by atoms with E-state index in [-0.39, 0.29) is 47.9 Å². The smallest absolute Gasteiger partial charge is 0.306 e. The Hall–Kier alpha value is -3.43. The van der Waals surface area contributed by atoms with Crippen LogP contribution in [0.4, 0.5) is 4.39 Å². The van der Waals surface area contributed by atoms with Gasteiger partial charge in [0.15, 0.2) is 23.3 Å². The molecule has 1 aromatic heterocycles. The van der Waals surface area contributed by atoms with Crippen molar-refractivity contribution in [1.82, 2.24) is 9.47 Å². The highest BCUT2D eigenvalue weighted by Crippen LogP contribution is 2.39. The maximum Gasteiger partial charge on any atom is 0.306 e. The highest BCUT2D eigenvalue weighted by molar-refractivity contribution is 6.30. The number of aliphatic carboxylic acids is 1. The Labute approximate surface area is 219 Å². The molecule has 0 bridgehead atoms. The third-order valence-corrected chi connectivity index (χ3v) is 7.26. The first-order valence-electron chi connectivity index (χ1n) is 12.0. The summed E-state index contributed by atoms with van der Waals surface area (Å²) in [6.45, 7) is 2.89. The molecule has 0 aliphatic heterocycles. The molecule has 0 radical (unpaired) electrons. The molecule has 1 atom stereocenters. The zero-order valence-electron chi connectivity index (χ0n) is 20.6. The molecule has 8 nitrogen and oxygen atoms in total. The van der Waals surface area contributed by atoms with Crippen molar-refractivity contribution in [2.45, 2.75) is 44.9 Å². The summed E-state index contributed by atoms with van der Waals surface area (Å²) in [6.07, 6.45) is 1.04. The van der Waals surface area contributed by atoms with Crippen molar-refractivity contribution in [3.63, 3.8) is 0 Å². The molecule has 3 aromatic rings. The Bertz CT molecular complexity index is 1240. The van der Waals surface area contributed by atoms with Gasteiger partial charge in [-0.15, -0.1) is 0 Å². The van der Waals surface area contributed by atoms with Gasteiger partial charge in [-0.05, 0) is 55.2 Å². The number of carboxylic acids is 1. The standard InChI is InChI=1S/C27H30ClFN2O6/c1-16(18-4-5-21(28)22(29)14-18)31(20-12-19(13-20)27(34)35)15-17-3-6-23(24(11-17)36-2)37-10-9-30-25(32)7-8-26(30)33/h3-8,11,14,16,19-20,32-33H,9-10,12-13,15H2,1-2H3,(H,34,35). The first-order chi connectivity index (χ1) is 17.7. The lowest BCUT2D eigenvalue weighted by Crippen LogP contribution is -2.47. The van der Waals surface area contributed by atoms with Gasteiger partial charge in [0, 0.05) is 30.8 Å². The van der Waals surface area contributed by atoms with Crippen LogP contribution in [0.3, 0.4) is 0 Å². The van der Waals surface area contributed by atoms with Crippen LogP contribution in [0.5, 0.6) is 23.3 Å². The lowest BCUT2D eigenvalue weighted by molar-refractivity contribution is -0.147. The minimum atomic E-state index is -0.800. The second-order valence-electron chi connectivity index (χ2n) is 9.22. The van der Waals surface area contributed by atoms with Crippen LogP contribution in [0.15, 0.2) is 48.5 Å². The van der Waals surface area contributed by atoms with Crippen LogP contribution in [0.1, 0.15) is 36.9 Å². The van der Waals surface area contributed by atoms with Crippen LogP contribution < -0.4 is 9.47 Å². The Morgan fingerprint density at radius 1 is 1.14 bits per heavy atom. The van der Waals surface area contributed by atoms with Crippen molar-refractivity contribution in [3.05, 3.63) is 70.5 Å². The highest BCUT2D eigenvalue weighted by atomic mass is 35.5. The molecule has 37 heavy (non-hydrogen) atoms. The van der Waals surface area contributed by atoms with Crippen molar-refractivity contribution < 1.29 is 34.0 Å². The molecule has 0 saturated heterocycles. The van der Waals surface area contributed by atoms with Gasteiger partial charge in [-0.25, -0.2) is 4.39 Å². The lowest BCUT2D eigenvalue weighted by atomic mass is 9.78. The molecule has 0 spiro atoms. The fourth-order valence-corrected chi connectivity index (χ4v) is 4.79. The van der Waals surface area contributed by atoms with Gasteiger partial charge in [0.25, 0.3) is 0 Å². The number of carbonyl (C=O) groups is 1. The summed E-state index contributed by atoms with van der Waals surface area (Å²) in [5, 5.41) is 29.0. The summed E-state index contributed by atoms with van der Waals surface area (Å²) >= 11 is 5.87. The number of hydrogen-bond donors (Lipinski definition) is 3. The van der Waals surface area contributed by atoms with Crippen LogP contribution >= 0.6 is 11.6 Å². The predicted octanol–water partition coefficient (Wildman–Crippen LogP) is 5.21. The lowest BCUT2D eigenvalue weighted by Gasteiger charge is -2.44. The first kappa shape index (κ1) is 26.6. The highest BCUT2D eigenvalue weighted by Gasteiger charge is 2.40. The molecular weight excluding hydrogens is 503 g/mol. The molecule has 1 fully saturated rings. The molecular formula is C27H30ClFN2O6. The van der Waals surface area contributed by atoms with E-state index in [1.54, 1.807) is 12.1 Å². The Balaban J connectivity index is 1.50. The van der Waals surface area contributed by atoms with E-state index >= 15 is 0 Å². The number of aromatic nitrogens is 1. The van der Waals surface area contributed by atoms with Crippen LogP contribution in [-0.2, 0) is 17.9 Å². The van der Waals surface area contributed by atoms with Gasteiger partial charge in [-0.2, -0.15) is 0 Å². The zero-order chi connectivity index (χ0) is 26.7. The maximum atomic E-state index is 14.2. The monoisotopic (exact) mass is 532 g/mol. The van der Waals surface area contributed by atoms with Gasteiger partial charge in [-0.3, -0.25) is 14.3 Å². The van der Waals surface area contributed by atoms with Crippen LogP contribution in [0.2, 0.25) is 5.02 Å². The number of rotatable bonds is 11. The predicted molar refractivity (Wildman–Crippen MR) is 136 cm³/mol. The van der Waals surface area contributed by atoms with Gasteiger partial charge in [0.2, 0.25) is 0 Å². The van der Waals surface area contributed by atoms with E-state index in [4.69, 9.17) is 21.1 Å². The fraction of sp³-hybridized carbons (Fsp3) is 0.370. The van der Waals surface area contributed by atoms with Crippen molar-refractivity contribution in [1.29, 1.82) is 0 Å². The van der Waals surface area contributed by atoms with E-state index < -0.39 is 11.8 Å². The summed E-state index contributed by atoms with van der Waals surface area (Å²) in [5.74, 6) is -0.768. The van der Waals surface area contributed by atoms with Gasteiger partial charge in [0.1, 0.15) is 12.4 Å². The van der Waals surface area contributed by atoms with Gasteiger partial charge < -0.3 is 24.8 Å². The van der Waals surface area contributed by atoms with Gasteiger partial charge >= 0.3 is 5.97 Å². The molecule has 1 unspecified atom stereocenters. The number of nitrogens with zero attached hydrogens (tertiary/aromatic N) is 2. The van der Waals surface area contributed by atoms with E-state index in [1.165, 1.54) is 35.9 Å². The van der Waals surface area contributed by atoms with E-state index in [1.807, 2.05) is 19.1 Å². The topological polar surface area (TPSA) is 104 Å². The Kier molecular flexibility index (Phi) is 8.14. The molecule has 1 heterocycles. The summed E-state index contributed by atoms with van der Waals surface area (Å²) < 4.78 is 26.9. The van der Waals surface area contributed by atoms with Crippen molar-refractivity contribution in [3.8, 4) is 23.3 Å². The van der Waals surface area contributed by atoms with Gasteiger partial charge in [0.05, 0.1) is 24.6 Å². The number of aromatic hydroxyl groups is 2. The number of methoxy groups -OCH3 is 1. The SMILES string of the molecule is COc1cc(CN(C2CC(C(=O)O)C2)C(C)c2ccc(Cl)c(F)c2)ccc1OCCn1c(O)ccc1O. The number of hydrogen-bond acceptors (Lipinski definition) is 6. The van der Waals surface area contributed by atoms with Gasteiger partial charge in [-0.1, -0.05) is 23.7 Å². The molecule has 198 valence electrons. The van der Waals surface area contributed by atoms with E-state index in [9.17, 15) is 24.5 Å². The molecule has 1 aliphatic rings. The van der Waals surface area contributed by atoms with E-state index in [0.29, 0.717) is 30.9 Å². The summed E-state index contributed by atoms with van der Waals surface area (Å²) in [4.78, 5) is 13.6. The van der Waals surface area contributed by atoms with Crippen LogP contribution in [-0.4, -0.2) is 50.5 Å². The summed E-state index contributed by atoms with van der Waals surface area (Å²) in [6, 6.07) is 12.9. The largest absolute Gasteiger partial charge is 0.494 e. The Morgan fingerprint density at radius 2 is 1.84 bits per heavy atom. The molecule has 1 saturated carbocycles. The first-order valence-corrected chi connectivity index (χ1v) is 12.4. The maximum absolute atomic E-state index is 14.2. The number of ether oxygens (including phenoxy) is 2. The van der Waals surface area contributed by atoms with Crippen molar-refractivity contribution >= 4 is 17.6 Å². The third-order valence-electron chi connectivity index (χ3n) is 6.96. The van der Waals surface area contributed by atoms with Crippen molar-refractivity contribution in [2.75, 3.05) is 13.7 Å². The quantitative estimate of drug-likeness (QED) is 0.311. The Morgan fingerprint density at radius 3 is 2.46 bits per heavy atom. The third kappa shape index (κ3) is 5.94. The molecule has 10 heteroatoms. The normalized spacial score (nSPS) is 17.9. The number of carboxylic acid groups (broad SMARTS) is 1. The second-order valence-corrected chi connectivity index (χ2v) is 9.62.